The SMILES string of the molecule is CO[C@H](C#C[Si](C)(C)C)[C@H](O)CCc1ccccc1. The van der Waals surface area contributed by atoms with Crippen molar-refractivity contribution >= 4 is 8.07 Å². The molecule has 0 saturated heterocycles. The third-order valence-electron chi connectivity index (χ3n) is 2.76. The lowest BCUT2D eigenvalue weighted by molar-refractivity contribution is 0.0185. The van der Waals surface area contributed by atoms with Gasteiger partial charge in [-0.15, -0.1) is 5.54 Å². The maximum absolute atomic E-state index is 10.2. The molecule has 0 bridgehead atoms. The smallest absolute Gasteiger partial charge is 0.142 e. The Kier molecular flexibility index (Phi) is 6.30. The van der Waals surface area contributed by atoms with E-state index >= 15 is 0 Å². The summed E-state index contributed by atoms with van der Waals surface area (Å²) in [6, 6.07) is 10.2. The molecule has 0 aromatic heterocycles. The van der Waals surface area contributed by atoms with Crippen LogP contribution in [-0.4, -0.2) is 32.5 Å². The van der Waals surface area contributed by atoms with Crippen LogP contribution in [0.3, 0.4) is 0 Å². The minimum absolute atomic E-state index is 0.379. The molecule has 0 saturated carbocycles. The lowest BCUT2D eigenvalue weighted by Crippen LogP contribution is -2.28. The summed E-state index contributed by atoms with van der Waals surface area (Å²) in [6.45, 7) is 6.55. The van der Waals surface area contributed by atoms with Crippen LogP contribution in [0.4, 0.5) is 0 Å². The van der Waals surface area contributed by atoms with Gasteiger partial charge in [0.1, 0.15) is 14.2 Å². The topological polar surface area (TPSA) is 29.5 Å². The molecule has 1 rings (SSSR count). The Labute approximate surface area is 117 Å². The zero-order chi connectivity index (χ0) is 14.3. The third-order valence-corrected chi connectivity index (χ3v) is 3.66. The second-order valence-electron chi connectivity index (χ2n) is 5.77. The molecule has 2 nitrogen and oxygen atoms in total. The van der Waals surface area contributed by atoms with Crippen LogP contribution in [0.2, 0.25) is 19.6 Å². The quantitative estimate of drug-likeness (QED) is 0.662. The molecule has 0 aliphatic rings. The van der Waals surface area contributed by atoms with E-state index in [-0.39, 0.29) is 6.10 Å². The van der Waals surface area contributed by atoms with E-state index in [0.717, 1.165) is 6.42 Å². The molecule has 0 spiro atoms. The van der Waals surface area contributed by atoms with Crippen LogP contribution in [-0.2, 0) is 11.2 Å². The summed E-state index contributed by atoms with van der Waals surface area (Å²) in [5, 5.41) is 10.2. The number of rotatable bonds is 5. The van der Waals surface area contributed by atoms with Gasteiger partial charge in [-0.3, -0.25) is 0 Å². The lowest BCUT2D eigenvalue weighted by Gasteiger charge is -2.17. The fourth-order valence-electron chi connectivity index (χ4n) is 1.71. The maximum atomic E-state index is 10.2. The van der Waals surface area contributed by atoms with Gasteiger partial charge in [-0.25, -0.2) is 0 Å². The van der Waals surface area contributed by atoms with Crippen molar-refractivity contribution in [1.82, 2.24) is 0 Å². The predicted octanol–water partition coefficient (Wildman–Crippen LogP) is 2.88. The van der Waals surface area contributed by atoms with Crippen molar-refractivity contribution < 1.29 is 9.84 Å². The highest BCUT2D eigenvalue weighted by molar-refractivity contribution is 6.83. The summed E-state index contributed by atoms with van der Waals surface area (Å²) in [4.78, 5) is 0. The predicted molar refractivity (Wildman–Crippen MR) is 82.7 cm³/mol. The molecule has 0 aliphatic heterocycles. The number of aliphatic hydroxyl groups excluding tert-OH is 1. The molecule has 0 fully saturated rings. The van der Waals surface area contributed by atoms with E-state index in [9.17, 15) is 5.11 Å². The number of benzene rings is 1. The Morgan fingerprint density at radius 3 is 2.37 bits per heavy atom. The van der Waals surface area contributed by atoms with Gasteiger partial charge in [-0.05, 0) is 18.4 Å². The summed E-state index contributed by atoms with van der Waals surface area (Å²) in [6.07, 6.45) is 0.601. The molecular formula is C16H24O2Si. The van der Waals surface area contributed by atoms with Crippen molar-refractivity contribution in [2.24, 2.45) is 0 Å². The molecular weight excluding hydrogens is 252 g/mol. The first-order valence-electron chi connectivity index (χ1n) is 6.70. The summed E-state index contributed by atoms with van der Waals surface area (Å²) >= 11 is 0. The van der Waals surface area contributed by atoms with Crippen LogP contribution >= 0.6 is 0 Å². The molecule has 0 heterocycles. The van der Waals surface area contributed by atoms with Crippen molar-refractivity contribution in [3.63, 3.8) is 0 Å². The van der Waals surface area contributed by atoms with Gasteiger partial charge >= 0.3 is 0 Å². The van der Waals surface area contributed by atoms with Crippen molar-refractivity contribution in [3.05, 3.63) is 35.9 Å². The Morgan fingerprint density at radius 1 is 1.21 bits per heavy atom. The number of methoxy groups -OCH3 is 1. The summed E-state index contributed by atoms with van der Waals surface area (Å²) in [7, 11) is 0.185. The highest BCUT2D eigenvalue weighted by Crippen LogP contribution is 2.09. The van der Waals surface area contributed by atoms with Gasteiger partial charge in [0.15, 0.2) is 0 Å². The standard InChI is InChI=1S/C16H24O2Si/c1-18-16(12-13-19(2,3)4)15(17)11-10-14-8-6-5-7-9-14/h5-9,15-17H,10-11H2,1-4H3/t15-,16-/m1/s1. The minimum atomic E-state index is -1.42. The van der Waals surface area contributed by atoms with Crippen molar-refractivity contribution in [1.29, 1.82) is 0 Å². The highest BCUT2D eigenvalue weighted by Gasteiger charge is 2.17. The number of aryl methyl sites for hydroxylation is 1. The Bertz CT molecular complexity index is 426. The molecule has 0 aliphatic carbocycles. The molecule has 3 heteroatoms. The average Bonchev–Trinajstić information content (AvgIpc) is 2.37. The van der Waals surface area contributed by atoms with Gasteiger partial charge in [-0.1, -0.05) is 55.9 Å². The largest absolute Gasteiger partial charge is 0.389 e. The van der Waals surface area contributed by atoms with Crippen LogP contribution in [0.5, 0.6) is 0 Å². The molecule has 0 unspecified atom stereocenters. The molecule has 1 aromatic carbocycles. The zero-order valence-corrected chi connectivity index (χ0v) is 13.3. The lowest BCUT2D eigenvalue weighted by atomic mass is 10.0. The van der Waals surface area contributed by atoms with Gasteiger partial charge in [0.05, 0.1) is 6.10 Å². The van der Waals surface area contributed by atoms with E-state index in [0.29, 0.717) is 6.42 Å². The molecule has 1 N–H and O–H groups in total. The second-order valence-corrected chi connectivity index (χ2v) is 10.5. The van der Waals surface area contributed by atoms with Crippen molar-refractivity contribution in [2.45, 2.75) is 44.7 Å². The zero-order valence-electron chi connectivity index (χ0n) is 12.3. The number of ether oxygens (including phenoxy) is 1. The summed E-state index contributed by atoms with van der Waals surface area (Å²) in [5.41, 5.74) is 4.49. The summed E-state index contributed by atoms with van der Waals surface area (Å²) in [5.74, 6) is 3.08. The third kappa shape index (κ3) is 6.58. The van der Waals surface area contributed by atoms with E-state index in [4.69, 9.17) is 4.74 Å². The number of hydrogen-bond donors (Lipinski definition) is 1. The van der Waals surface area contributed by atoms with Gasteiger partial charge in [0, 0.05) is 7.11 Å². The fraction of sp³-hybridized carbons (Fsp3) is 0.500. The molecule has 0 amide bonds. The highest BCUT2D eigenvalue weighted by atomic mass is 28.3. The van der Waals surface area contributed by atoms with Gasteiger partial charge < -0.3 is 9.84 Å². The van der Waals surface area contributed by atoms with Crippen molar-refractivity contribution in [3.8, 4) is 11.5 Å². The molecule has 0 radical (unpaired) electrons. The first-order chi connectivity index (χ1) is 8.92. The number of aliphatic hydroxyl groups is 1. The van der Waals surface area contributed by atoms with Crippen LogP contribution < -0.4 is 0 Å². The van der Waals surface area contributed by atoms with E-state index in [1.165, 1.54) is 5.56 Å². The molecule has 2 atom stereocenters. The van der Waals surface area contributed by atoms with E-state index in [1.54, 1.807) is 7.11 Å². The van der Waals surface area contributed by atoms with Crippen LogP contribution in [0, 0.1) is 11.5 Å². The van der Waals surface area contributed by atoms with Gasteiger partial charge in [0.2, 0.25) is 0 Å². The fourth-order valence-corrected chi connectivity index (χ4v) is 2.29. The molecule has 19 heavy (non-hydrogen) atoms. The molecule has 1 aromatic rings. The first-order valence-corrected chi connectivity index (χ1v) is 10.2. The van der Waals surface area contributed by atoms with E-state index in [2.05, 4.69) is 43.2 Å². The van der Waals surface area contributed by atoms with E-state index in [1.807, 2.05) is 18.2 Å². The monoisotopic (exact) mass is 276 g/mol. The van der Waals surface area contributed by atoms with Crippen LogP contribution in [0.25, 0.3) is 0 Å². The Balaban J connectivity index is 2.54. The van der Waals surface area contributed by atoms with E-state index < -0.39 is 14.2 Å². The van der Waals surface area contributed by atoms with Gasteiger partial charge in [0.25, 0.3) is 0 Å². The molecule has 104 valence electrons. The van der Waals surface area contributed by atoms with Crippen molar-refractivity contribution in [2.75, 3.05) is 7.11 Å². The van der Waals surface area contributed by atoms with Gasteiger partial charge in [-0.2, -0.15) is 0 Å². The first kappa shape index (κ1) is 16.0. The maximum Gasteiger partial charge on any atom is 0.142 e. The minimum Gasteiger partial charge on any atom is -0.389 e. The number of hydrogen-bond acceptors (Lipinski definition) is 2. The average molecular weight is 276 g/mol. The van der Waals surface area contributed by atoms with Crippen LogP contribution in [0.15, 0.2) is 30.3 Å². The van der Waals surface area contributed by atoms with Crippen LogP contribution in [0.1, 0.15) is 12.0 Å². The Morgan fingerprint density at radius 2 is 1.84 bits per heavy atom. The summed E-state index contributed by atoms with van der Waals surface area (Å²) < 4.78 is 5.29. The Hall–Kier alpha value is -1.08. The normalized spacial score (nSPS) is 14.4. The second kappa shape index (κ2) is 7.49.